The number of aromatic nitrogens is 1. The lowest BCUT2D eigenvalue weighted by molar-refractivity contribution is -0.118. The number of hydrogen-bond acceptors (Lipinski definition) is 6. The van der Waals surface area contributed by atoms with E-state index in [1.165, 1.54) is 11.3 Å². The number of rotatable bonds is 7. The summed E-state index contributed by atoms with van der Waals surface area (Å²) in [6, 6.07) is 14.7. The molecule has 0 radical (unpaired) electrons. The lowest BCUT2D eigenvalue weighted by Crippen LogP contribution is -2.20. The fraction of sp³-hybridized carbons (Fsp3) is 0.158. The Morgan fingerprint density at radius 2 is 1.77 bits per heavy atom. The SMILES string of the molecule is COc1ccc(-c2csc(NC(=O)COc3cccc(OC)c3)n2)cc1. The maximum Gasteiger partial charge on any atom is 0.264 e. The van der Waals surface area contributed by atoms with Gasteiger partial charge in [0.2, 0.25) is 0 Å². The third-order valence-electron chi connectivity index (χ3n) is 3.55. The highest BCUT2D eigenvalue weighted by Crippen LogP contribution is 2.26. The Morgan fingerprint density at radius 3 is 2.50 bits per heavy atom. The van der Waals surface area contributed by atoms with E-state index in [1.54, 1.807) is 32.4 Å². The van der Waals surface area contributed by atoms with Crippen molar-refractivity contribution in [2.24, 2.45) is 0 Å². The first-order chi connectivity index (χ1) is 12.7. The fourth-order valence-electron chi connectivity index (χ4n) is 2.22. The number of carbonyl (C=O) groups excluding carboxylic acids is 1. The molecule has 0 saturated heterocycles. The van der Waals surface area contributed by atoms with Gasteiger partial charge in [-0.1, -0.05) is 6.07 Å². The molecule has 7 heteroatoms. The average molecular weight is 370 g/mol. The van der Waals surface area contributed by atoms with Gasteiger partial charge < -0.3 is 14.2 Å². The van der Waals surface area contributed by atoms with Crippen molar-refractivity contribution in [1.29, 1.82) is 0 Å². The van der Waals surface area contributed by atoms with Gasteiger partial charge >= 0.3 is 0 Å². The van der Waals surface area contributed by atoms with Crippen LogP contribution in [0.3, 0.4) is 0 Å². The van der Waals surface area contributed by atoms with Crippen LogP contribution in [0.15, 0.2) is 53.9 Å². The second-order valence-corrected chi connectivity index (χ2v) is 6.14. The van der Waals surface area contributed by atoms with E-state index in [-0.39, 0.29) is 12.5 Å². The van der Waals surface area contributed by atoms with E-state index in [9.17, 15) is 4.79 Å². The van der Waals surface area contributed by atoms with Crippen molar-refractivity contribution in [2.75, 3.05) is 26.1 Å². The highest BCUT2D eigenvalue weighted by molar-refractivity contribution is 7.14. The minimum absolute atomic E-state index is 0.107. The van der Waals surface area contributed by atoms with Crippen LogP contribution in [0.5, 0.6) is 17.2 Å². The summed E-state index contributed by atoms with van der Waals surface area (Å²) in [5.74, 6) is 1.75. The molecule has 6 nitrogen and oxygen atoms in total. The molecule has 1 N–H and O–H groups in total. The Labute approximate surface area is 155 Å². The van der Waals surface area contributed by atoms with Crippen LogP contribution in [0.4, 0.5) is 5.13 Å². The summed E-state index contributed by atoms with van der Waals surface area (Å²) in [5.41, 5.74) is 1.75. The molecule has 3 aromatic rings. The van der Waals surface area contributed by atoms with Crippen LogP contribution in [0.25, 0.3) is 11.3 Å². The third-order valence-corrected chi connectivity index (χ3v) is 4.31. The maximum absolute atomic E-state index is 12.1. The minimum Gasteiger partial charge on any atom is -0.497 e. The van der Waals surface area contributed by atoms with E-state index >= 15 is 0 Å². The number of nitrogens with zero attached hydrogens (tertiary/aromatic N) is 1. The van der Waals surface area contributed by atoms with E-state index in [4.69, 9.17) is 14.2 Å². The zero-order valence-corrected chi connectivity index (χ0v) is 15.2. The number of nitrogens with one attached hydrogen (secondary N) is 1. The number of anilines is 1. The predicted octanol–water partition coefficient (Wildman–Crippen LogP) is 3.84. The Kier molecular flexibility index (Phi) is 5.70. The lowest BCUT2D eigenvalue weighted by atomic mass is 10.2. The largest absolute Gasteiger partial charge is 0.497 e. The van der Waals surface area contributed by atoms with Gasteiger partial charge in [0.1, 0.15) is 17.2 Å². The quantitative estimate of drug-likeness (QED) is 0.684. The second kappa shape index (κ2) is 8.35. The summed E-state index contributed by atoms with van der Waals surface area (Å²) in [4.78, 5) is 16.5. The summed E-state index contributed by atoms with van der Waals surface area (Å²) in [6.07, 6.45) is 0. The monoisotopic (exact) mass is 370 g/mol. The molecule has 1 heterocycles. The molecule has 1 amide bonds. The summed E-state index contributed by atoms with van der Waals surface area (Å²) in [6.45, 7) is -0.107. The Hall–Kier alpha value is -3.06. The minimum atomic E-state index is -0.275. The molecule has 0 aliphatic rings. The first-order valence-corrected chi connectivity index (χ1v) is 8.72. The summed E-state index contributed by atoms with van der Waals surface area (Å²) in [7, 11) is 3.20. The first-order valence-electron chi connectivity index (χ1n) is 7.84. The number of ether oxygens (including phenoxy) is 3. The van der Waals surface area contributed by atoms with Crippen molar-refractivity contribution >= 4 is 22.4 Å². The Balaban J connectivity index is 1.56. The molecule has 0 fully saturated rings. The molecule has 0 aliphatic carbocycles. The van der Waals surface area contributed by atoms with Gasteiger partial charge in [0.15, 0.2) is 11.7 Å². The van der Waals surface area contributed by atoms with Crippen LogP contribution < -0.4 is 19.5 Å². The van der Waals surface area contributed by atoms with E-state index in [1.807, 2.05) is 35.7 Å². The molecular formula is C19H18N2O4S. The fourth-order valence-corrected chi connectivity index (χ4v) is 2.96. The second-order valence-electron chi connectivity index (χ2n) is 5.28. The van der Waals surface area contributed by atoms with Gasteiger partial charge in [0.05, 0.1) is 19.9 Å². The van der Waals surface area contributed by atoms with E-state index in [0.717, 1.165) is 17.0 Å². The number of thiazole rings is 1. The Bertz CT molecular complexity index is 877. The molecule has 2 aromatic carbocycles. The van der Waals surface area contributed by atoms with Crippen LogP contribution in [0.2, 0.25) is 0 Å². The zero-order valence-electron chi connectivity index (χ0n) is 14.4. The molecule has 0 unspecified atom stereocenters. The number of hydrogen-bond donors (Lipinski definition) is 1. The Morgan fingerprint density at radius 1 is 1.04 bits per heavy atom. The molecule has 0 saturated carbocycles. The predicted molar refractivity (Wildman–Crippen MR) is 101 cm³/mol. The van der Waals surface area contributed by atoms with Gasteiger partial charge in [-0.25, -0.2) is 4.98 Å². The first kappa shape index (κ1) is 17.8. The van der Waals surface area contributed by atoms with Crippen LogP contribution >= 0.6 is 11.3 Å². The molecule has 134 valence electrons. The molecule has 0 atom stereocenters. The lowest BCUT2D eigenvalue weighted by Gasteiger charge is -2.07. The molecule has 1 aromatic heterocycles. The van der Waals surface area contributed by atoms with Gasteiger partial charge in [0.25, 0.3) is 5.91 Å². The van der Waals surface area contributed by atoms with Crippen LogP contribution in [0, 0.1) is 0 Å². The molecule has 0 spiro atoms. The van der Waals surface area contributed by atoms with Crippen LogP contribution in [0.1, 0.15) is 0 Å². The van der Waals surface area contributed by atoms with Crippen molar-refractivity contribution in [2.45, 2.75) is 0 Å². The maximum atomic E-state index is 12.1. The van der Waals surface area contributed by atoms with Crippen LogP contribution in [-0.2, 0) is 4.79 Å². The van der Waals surface area contributed by atoms with Gasteiger partial charge in [-0.15, -0.1) is 11.3 Å². The zero-order chi connectivity index (χ0) is 18.4. The molecule has 0 aliphatic heterocycles. The van der Waals surface area contributed by atoms with E-state index in [0.29, 0.717) is 16.6 Å². The topological polar surface area (TPSA) is 69.7 Å². The highest BCUT2D eigenvalue weighted by atomic mass is 32.1. The van der Waals surface area contributed by atoms with Crippen molar-refractivity contribution in [1.82, 2.24) is 4.98 Å². The van der Waals surface area contributed by atoms with E-state index < -0.39 is 0 Å². The molecular weight excluding hydrogens is 352 g/mol. The molecule has 3 rings (SSSR count). The summed E-state index contributed by atoms with van der Waals surface area (Å²) in [5, 5.41) is 5.15. The van der Waals surface area contributed by atoms with Gasteiger partial charge in [-0.05, 0) is 36.4 Å². The van der Waals surface area contributed by atoms with Gasteiger partial charge in [-0.3, -0.25) is 10.1 Å². The smallest absolute Gasteiger partial charge is 0.264 e. The highest BCUT2D eigenvalue weighted by Gasteiger charge is 2.09. The number of methoxy groups -OCH3 is 2. The molecule has 26 heavy (non-hydrogen) atoms. The third kappa shape index (κ3) is 4.52. The number of carbonyl (C=O) groups is 1. The van der Waals surface area contributed by atoms with Crippen LogP contribution in [-0.4, -0.2) is 31.7 Å². The van der Waals surface area contributed by atoms with Gasteiger partial charge in [-0.2, -0.15) is 0 Å². The van der Waals surface area contributed by atoms with E-state index in [2.05, 4.69) is 10.3 Å². The summed E-state index contributed by atoms with van der Waals surface area (Å²) < 4.78 is 15.7. The normalized spacial score (nSPS) is 10.2. The number of amides is 1. The molecule has 0 bridgehead atoms. The standard InChI is InChI=1S/C19H18N2O4S/c1-23-14-8-6-13(7-9-14)17-12-26-19(20-17)21-18(22)11-25-16-5-3-4-15(10-16)24-2/h3-10,12H,11H2,1-2H3,(H,20,21,22). The average Bonchev–Trinajstić information content (AvgIpc) is 3.15. The number of benzene rings is 2. The van der Waals surface area contributed by atoms with Crippen molar-refractivity contribution in [3.05, 3.63) is 53.9 Å². The van der Waals surface area contributed by atoms with Crippen molar-refractivity contribution in [3.63, 3.8) is 0 Å². The van der Waals surface area contributed by atoms with Gasteiger partial charge in [0, 0.05) is 17.0 Å². The van der Waals surface area contributed by atoms with Crippen molar-refractivity contribution in [3.8, 4) is 28.5 Å². The van der Waals surface area contributed by atoms with Crippen molar-refractivity contribution < 1.29 is 19.0 Å². The summed E-state index contributed by atoms with van der Waals surface area (Å²) >= 11 is 1.36.